The van der Waals surface area contributed by atoms with E-state index in [0.29, 0.717) is 23.1 Å². The Kier molecular flexibility index (Phi) is 6.81. The Morgan fingerprint density at radius 1 is 1.24 bits per heavy atom. The molecular formula is C18H21N5O5S. The highest BCUT2D eigenvalue weighted by molar-refractivity contribution is 7.99. The average molecular weight is 419 g/mol. The molecule has 1 aromatic heterocycles. The molecule has 0 aliphatic carbocycles. The molecule has 0 bridgehead atoms. The van der Waals surface area contributed by atoms with Gasteiger partial charge in [-0.15, -0.1) is 10.2 Å². The number of hydrogen-bond donors (Lipinski definition) is 0. The van der Waals surface area contributed by atoms with Crippen molar-refractivity contribution in [3.05, 3.63) is 40.2 Å². The normalized spacial score (nSPS) is 14.3. The van der Waals surface area contributed by atoms with Gasteiger partial charge in [-0.3, -0.25) is 14.9 Å². The van der Waals surface area contributed by atoms with Crippen molar-refractivity contribution in [1.29, 1.82) is 0 Å². The zero-order valence-electron chi connectivity index (χ0n) is 15.9. The van der Waals surface area contributed by atoms with Gasteiger partial charge < -0.3 is 14.2 Å². The van der Waals surface area contributed by atoms with Gasteiger partial charge in [0.25, 0.3) is 11.6 Å². The first-order valence-corrected chi connectivity index (χ1v) is 10.0. The maximum Gasteiger partial charge on any atom is 0.338 e. The number of hydrogen-bond acceptors (Lipinski definition) is 8. The van der Waals surface area contributed by atoms with E-state index in [9.17, 15) is 19.7 Å². The monoisotopic (exact) mass is 419 g/mol. The highest BCUT2D eigenvalue weighted by atomic mass is 32.2. The molecule has 0 spiro atoms. The molecule has 2 aromatic rings. The van der Waals surface area contributed by atoms with E-state index in [1.54, 1.807) is 16.5 Å². The van der Waals surface area contributed by atoms with E-state index < -0.39 is 10.9 Å². The van der Waals surface area contributed by atoms with Crippen molar-refractivity contribution < 1.29 is 19.2 Å². The molecule has 0 saturated carbocycles. The second kappa shape index (κ2) is 9.50. The Labute approximate surface area is 171 Å². The number of benzene rings is 1. The van der Waals surface area contributed by atoms with Gasteiger partial charge >= 0.3 is 5.97 Å². The van der Waals surface area contributed by atoms with E-state index >= 15 is 0 Å². The van der Waals surface area contributed by atoms with E-state index in [0.717, 1.165) is 43.5 Å². The standard InChI is InChI=1S/C18H21N5O5S/c1-21-12-19-20-18(21)29-15-7-6-13(10-14(15)23(26)27)17(25)28-11-16(24)22-8-4-2-3-5-9-22/h6-7,10,12H,2-5,8-9,11H2,1H3. The second-order valence-electron chi connectivity index (χ2n) is 6.64. The molecule has 1 aliphatic rings. The summed E-state index contributed by atoms with van der Waals surface area (Å²) >= 11 is 1.07. The summed E-state index contributed by atoms with van der Waals surface area (Å²) in [5.74, 6) is -1.02. The van der Waals surface area contributed by atoms with Crippen LogP contribution in [0, 0.1) is 10.1 Å². The Hall–Kier alpha value is -2.95. The number of likely N-dealkylation sites (tertiary alicyclic amines) is 1. The van der Waals surface area contributed by atoms with E-state index in [-0.39, 0.29) is 23.8 Å². The van der Waals surface area contributed by atoms with Crippen molar-refractivity contribution in [3.8, 4) is 0 Å². The van der Waals surface area contributed by atoms with Gasteiger partial charge in [0.15, 0.2) is 11.8 Å². The summed E-state index contributed by atoms with van der Waals surface area (Å²) in [4.78, 5) is 37.5. The molecule has 2 heterocycles. The van der Waals surface area contributed by atoms with Crippen LogP contribution in [0.1, 0.15) is 36.0 Å². The van der Waals surface area contributed by atoms with Crippen LogP contribution in [0.5, 0.6) is 0 Å². The van der Waals surface area contributed by atoms with E-state index in [2.05, 4.69) is 10.2 Å². The molecule has 0 unspecified atom stereocenters. The zero-order chi connectivity index (χ0) is 20.8. The van der Waals surface area contributed by atoms with Crippen LogP contribution in [-0.4, -0.2) is 56.2 Å². The molecule has 154 valence electrons. The predicted molar refractivity (Wildman–Crippen MR) is 104 cm³/mol. The third kappa shape index (κ3) is 5.31. The van der Waals surface area contributed by atoms with Crippen molar-refractivity contribution in [3.63, 3.8) is 0 Å². The first-order valence-electron chi connectivity index (χ1n) is 9.21. The molecule has 0 atom stereocenters. The fourth-order valence-electron chi connectivity index (χ4n) is 2.96. The first-order chi connectivity index (χ1) is 14.0. The Morgan fingerprint density at radius 3 is 2.59 bits per heavy atom. The van der Waals surface area contributed by atoms with Crippen molar-refractivity contribution in [1.82, 2.24) is 19.7 Å². The number of nitro benzene ring substituents is 1. The van der Waals surface area contributed by atoms with Gasteiger partial charge in [0, 0.05) is 26.2 Å². The second-order valence-corrected chi connectivity index (χ2v) is 7.65. The molecule has 3 rings (SSSR count). The topological polar surface area (TPSA) is 120 Å². The summed E-state index contributed by atoms with van der Waals surface area (Å²) in [6.07, 6.45) is 5.55. The van der Waals surface area contributed by atoms with E-state index in [4.69, 9.17) is 4.74 Å². The fourth-order valence-corrected chi connectivity index (χ4v) is 3.81. The summed E-state index contributed by atoms with van der Waals surface area (Å²) in [5.41, 5.74) is -0.228. The van der Waals surface area contributed by atoms with Gasteiger partial charge in [0.05, 0.1) is 15.4 Å². The smallest absolute Gasteiger partial charge is 0.338 e. The summed E-state index contributed by atoms with van der Waals surface area (Å²) in [6.45, 7) is 0.952. The number of amides is 1. The number of aryl methyl sites for hydroxylation is 1. The highest BCUT2D eigenvalue weighted by Crippen LogP contribution is 2.34. The van der Waals surface area contributed by atoms with Gasteiger partial charge in [-0.2, -0.15) is 0 Å². The Balaban J connectivity index is 1.67. The predicted octanol–water partition coefficient (Wildman–Crippen LogP) is 2.43. The quantitative estimate of drug-likeness (QED) is 0.398. The molecule has 0 N–H and O–H groups in total. The van der Waals surface area contributed by atoms with Crippen LogP contribution >= 0.6 is 11.8 Å². The molecule has 0 radical (unpaired) electrons. The number of carbonyl (C=O) groups excluding carboxylic acids is 2. The maximum absolute atomic E-state index is 12.3. The summed E-state index contributed by atoms with van der Waals surface area (Å²) in [7, 11) is 1.72. The van der Waals surface area contributed by atoms with Crippen molar-refractivity contribution in [2.75, 3.05) is 19.7 Å². The molecule has 29 heavy (non-hydrogen) atoms. The number of nitrogens with zero attached hydrogens (tertiary/aromatic N) is 5. The fraction of sp³-hybridized carbons (Fsp3) is 0.444. The average Bonchev–Trinajstić information content (AvgIpc) is 2.95. The van der Waals surface area contributed by atoms with Crippen molar-refractivity contribution in [2.45, 2.75) is 35.7 Å². The largest absolute Gasteiger partial charge is 0.452 e. The molecule has 1 aliphatic heterocycles. The molecule has 1 fully saturated rings. The lowest BCUT2D eigenvalue weighted by Gasteiger charge is -2.19. The van der Waals surface area contributed by atoms with Crippen LogP contribution in [0.4, 0.5) is 5.69 Å². The molecule has 11 heteroatoms. The van der Waals surface area contributed by atoms with Gasteiger partial charge in [-0.25, -0.2) is 4.79 Å². The van der Waals surface area contributed by atoms with Crippen LogP contribution in [-0.2, 0) is 16.6 Å². The van der Waals surface area contributed by atoms with Gasteiger partial charge in [-0.05, 0) is 36.7 Å². The minimum absolute atomic E-state index is 0.0164. The van der Waals surface area contributed by atoms with Crippen LogP contribution < -0.4 is 0 Å². The Bertz CT molecular complexity index is 908. The lowest BCUT2D eigenvalue weighted by atomic mass is 10.2. The van der Waals surface area contributed by atoms with Crippen LogP contribution in [0.15, 0.2) is 34.6 Å². The molecule has 10 nitrogen and oxygen atoms in total. The maximum atomic E-state index is 12.3. The number of nitro groups is 1. The molecule has 1 saturated heterocycles. The van der Waals surface area contributed by atoms with E-state index in [1.165, 1.54) is 18.5 Å². The number of rotatable bonds is 6. The van der Waals surface area contributed by atoms with Crippen molar-refractivity contribution in [2.24, 2.45) is 7.05 Å². The third-order valence-corrected chi connectivity index (χ3v) is 5.67. The van der Waals surface area contributed by atoms with Crippen molar-refractivity contribution >= 4 is 29.3 Å². The van der Waals surface area contributed by atoms with Crippen LogP contribution in [0.3, 0.4) is 0 Å². The number of ether oxygens (including phenoxy) is 1. The minimum Gasteiger partial charge on any atom is -0.452 e. The number of aromatic nitrogens is 3. The molecular weight excluding hydrogens is 398 g/mol. The number of carbonyl (C=O) groups is 2. The van der Waals surface area contributed by atoms with Gasteiger partial charge in [0.2, 0.25) is 0 Å². The lowest BCUT2D eigenvalue weighted by Crippen LogP contribution is -2.35. The summed E-state index contributed by atoms with van der Waals surface area (Å²) in [6, 6.07) is 4.05. The van der Waals surface area contributed by atoms with Gasteiger partial charge in [-0.1, -0.05) is 12.8 Å². The lowest BCUT2D eigenvalue weighted by molar-refractivity contribution is -0.387. The van der Waals surface area contributed by atoms with E-state index in [1.807, 2.05) is 0 Å². The summed E-state index contributed by atoms with van der Waals surface area (Å²) in [5, 5.41) is 19.6. The highest BCUT2D eigenvalue weighted by Gasteiger charge is 2.22. The van der Waals surface area contributed by atoms with Gasteiger partial charge in [0.1, 0.15) is 6.33 Å². The minimum atomic E-state index is -0.772. The zero-order valence-corrected chi connectivity index (χ0v) is 16.8. The first kappa shape index (κ1) is 20.8. The SMILES string of the molecule is Cn1cnnc1Sc1ccc(C(=O)OCC(=O)N2CCCCCC2)cc1[N+](=O)[O-]. The van der Waals surface area contributed by atoms with Crippen LogP contribution in [0.2, 0.25) is 0 Å². The third-order valence-electron chi connectivity index (χ3n) is 4.55. The summed E-state index contributed by atoms with van der Waals surface area (Å²) < 4.78 is 6.73. The Morgan fingerprint density at radius 2 is 1.97 bits per heavy atom. The molecule has 1 amide bonds. The number of esters is 1. The van der Waals surface area contributed by atoms with Crippen LogP contribution in [0.25, 0.3) is 0 Å². The molecule has 1 aromatic carbocycles.